The number of rotatable bonds is 6. The Balaban J connectivity index is 3.92. The Labute approximate surface area is 86.8 Å². The molecule has 0 aromatic carbocycles. The van der Waals surface area contributed by atoms with Crippen LogP contribution in [0, 0.1) is 5.41 Å². The monoisotopic (exact) mass is 201 g/mol. The number of amides is 1. The van der Waals surface area contributed by atoms with Gasteiger partial charge >= 0.3 is 0 Å². The molecule has 0 rings (SSSR count). The average molecular weight is 201 g/mol. The molecule has 0 aromatic heterocycles. The highest BCUT2D eigenvalue weighted by atomic mass is 16.1. The van der Waals surface area contributed by atoms with Crippen LogP contribution in [-0.4, -0.2) is 44.0 Å². The van der Waals surface area contributed by atoms with Crippen molar-refractivity contribution in [2.24, 2.45) is 11.1 Å². The van der Waals surface area contributed by atoms with Gasteiger partial charge in [-0.1, -0.05) is 13.8 Å². The molecule has 0 aliphatic rings. The van der Waals surface area contributed by atoms with Crippen LogP contribution in [0.1, 0.15) is 20.8 Å². The average Bonchev–Trinajstić information content (AvgIpc) is 1.97. The van der Waals surface area contributed by atoms with E-state index in [0.717, 1.165) is 13.1 Å². The molecule has 0 saturated heterocycles. The normalized spacial score (nSPS) is 14.4. The molecular formula is C10H23N3O. The van der Waals surface area contributed by atoms with Crippen LogP contribution >= 0.6 is 0 Å². The van der Waals surface area contributed by atoms with Crippen LogP contribution in [0.4, 0.5) is 0 Å². The molecule has 0 heterocycles. The molecule has 0 aliphatic heterocycles. The van der Waals surface area contributed by atoms with Crippen LogP contribution < -0.4 is 11.1 Å². The van der Waals surface area contributed by atoms with Crippen molar-refractivity contribution in [3.05, 3.63) is 0 Å². The number of hydrogen-bond donors (Lipinski definition) is 2. The molecule has 0 aliphatic carbocycles. The van der Waals surface area contributed by atoms with Gasteiger partial charge in [0, 0.05) is 13.1 Å². The first-order chi connectivity index (χ1) is 6.24. The molecule has 14 heavy (non-hydrogen) atoms. The van der Waals surface area contributed by atoms with Crippen LogP contribution in [0.3, 0.4) is 0 Å². The van der Waals surface area contributed by atoms with Gasteiger partial charge in [-0.05, 0) is 26.4 Å². The number of carbonyl (C=O) groups is 1. The summed E-state index contributed by atoms with van der Waals surface area (Å²) < 4.78 is 0. The van der Waals surface area contributed by atoms with Crippen molar-refractivity contribution in [1.29, 1.82) is 0 Å². The topological polar surface area (TPSA) is 58.4 Å². The Morgan fingerprint density at radius 1 is 1.50 bits per heavy atom. The van der Waals surface area contributed by atoms with Gasteiger partial charge in [-0.3, -0.25) is 4.79 Å². The number of hydrogen-bond acceptors (Lipinski definition) is 3. The van der Waals surface area contributed by atoms with E-state index in [9.17, 15) is 4.79 Å². The van der Waals surface area contributed by atoms with Crippen molar-refractivity contribution in [3.8, 4) is 0 Å². The Hall–Kier alpha value is -0.610. The zero-order valence-electron chi connectivity index (χ0n) is 9.92. The zero-order chi connectivity index (χ0) is 11.4. The maximum absolute atomic E-state index is 10.8. The van der Waals surface area contributed by atoms with Gasteiger partial charge in [0.05, 0.1) is 6.04 Å². The number of nitrogens with one attached hydrogen (secondary N) is 1. The van der Waals surface area contributed by atoms with E-state index >= 15 is 0 Å². The first kappa shape index (κ1) is 13.4. The van der Waals surface area contributed by atoms with Crippen LogP contribution in [0.2, 0.25) is 0 Å². The van der Waals surface area contributed by atoms with Gasteiger partial charge in [0.1, 0.15) is 0 Å². The minimum Gasteiger partial charge on any atom is -0.368 e. The Morgan fingerprint density at radius 3 is 2.36 bits per heavy atom. The van der Waals surface area contributed by atoms with Gasteiger partial charge < -0.3 is 16.0 Å². The third-order valence-electron chi connectivity index (χ3n) is 2.06. The van der Waals surface area contributed by atoms with Crippen LogP contribution in [-0.2, 0) is 4.79 Å². The van der Waals surface area contributed by atoms with Gasteiger partial charge in [-0.25, -0.2) is 0 Å². The van der Waals surface area contributed by atoms with Crippen molar-refractivity contribution in [3.63, 3.8) is 0 Å². The molecule has 1 atom stereocenters. The summed E-state index contributed by atoms with van der Waals surface area (Å²) in [6, 6.07) is -0.253. The highest BCUT2D eigenvalue weighted by Crippen LogP contribution is 2.14. The molecular weight excluding hydrogens is 178 g/mol. The summed E-state index contributed by atoms with van der Waals surface area (Å²) >= 11 is 0. The fourth-order valence-electron chi connectivity index (χ4n) is 1.44. The predicted molar refractivity (Wildman–Crippen MR) is 59.0 cm³/mol. The minimum absolute atomic E-state index is 0.146. The van der Waals surface area contributed by atoms with E-state index < -0.39 is 0 Å². The molecule has 0 fully saturated rings. The maximum Gasteiger partial charge on any atom is 0.234 e. The molecule has 84 valence electrons. The molecule has 1 unspecified atom stereocenters. The summed E-state index contributed by atoms with van der Waals surface area (Å²) in [4.78, 5) is 12.9. The van der Waals surface area contributed by atoms with Gasteiger partial charge in [-0.2, -0.15) is 0 Å². The first-order valence-electron chi connectivity index (χ1n) is 4.92. The lowest BCUT2D eigenvalue weighted by Crippen LogP contribution is -2.45. The smallest absolute Gasteiger partial charge is 0.234 e. The summed E-state index contributed by atoms with van der Waals surface area (Å²) in [7, 11) is 4.08. The Kier molecular flexibility index (Phi) is 5.08. The fraction of sp³-hybridized carbons (Fsp3) is 0.900. The van der Waals surface area contributed by atoms with Gasteiger partial charge in [0.25, 0.3) is 0 Å². The second-order valence-electron chi connectivity index (χ2n) is 4.91. The molecule has 0 aromatic rings. The molecule has 4 heteroatoms. The van der Waals surface area contributed by atoms with Crippen molar-refractivity contribution in [2.45, 2.75) is 26.8 Å². The lowest BCUT2D eigenvalue weighted by Gasteiger charge is -2.29. The summed E-state index contributed by atoms with van der Waals surface area (Å²) in [5.74, 6) is -0.300. The maximum atomic E-state index is 10.8. The van der Waals surface area contributed by atoms with Crippen LogP contribution in [0.5, 0.6) is 0 Å². The van der Waals surface area contributed by atoms with E-state index in [1.807, 2.05) is 14.1 Å². The van der Waals surface area contributed by atoms with E-state index in [1.165, 1.54) is 0 Å². The van der Waals surface area contributed by atoms with E-state index in [1.54, 1.807) is 6.92 Å². The fourth-order valence-corrected chi connectivity index (χ4v) is 1.44. The van der Waals surface area contributed by atoms with E-state index in [4.69, 9.17) is 5.73 Å². The Bertz CT molecular complexity index is 190. The number of nitrogens with two attached hydrogens (primary N) is 1. The van der Waals surface area contributed by atoms with Gasteiger partial charge in [0.2, 0.25) is 5.91 Å². The molecule has 0 bridgehead atoms. The van der Waals surface area contributed by atoms with Crippen molar-refractivity contribution in [1.82, 2.24) is 10.2 Å². The largest absolute Gasteiger partial charge is 0.368 e. The number of carbonyl (C=O) groups excluding carboxylic acids is 1. The highest BCUT2D eigenvalue weighted by molar-refractivity contribution is 5.79. The highest BCUT2D eigenvalue weighted by Gasteiger charge is 2.20. The van der Waals surface area contributed by atoms with E-state index in [-0.39, 0.29) is 17.4 Å². The quantitative estimate of drug-likeness (QED) is 0.638. The SMILES string of the molecule is CC(NCC(C)(C)CN(C)C)C(N)=O. The summed E-state index contributed by atoms with van der Waals surface area (Å²) in [5.41, 5.74) is 5.30. The second kappa shape index (κ2) is 5.32. The summed E-state index contributed by atoms with van der Waals surface area (Å²) in [5, 5.41) is 3.13. The second-order valence-corrected chi connectivity index (χ2v) is 4.91. The minimum atomic E-state index is -0.300. The number of primary amides is 1. The lowest BCUT2D eigenvalue weighted by atomic mass is 9.92. The van der Waals surface area contributed by atoms with Crippen molar-refractivity contribution >= 4 is 5.91 Å². The molecule has 0 saturated carbocycles. The van der Waals surface area contributed by atoms with Gasteiger partial charge in [-0.15, -0.1) is 0 Å². The van der Waals surface area contributed by atoms with Crippen molar-refractivity contribution < 1.29 is 4.79 Å². The molecule has 3 N–H and O–H groups in total. The van der Waals surface area contributed by atoms with Crippen LogP contribution in [0.15, 0.2) is 0 Å². The lowest BCUT2D eigenvalue weighted by molar-refractivity contribution is -0.119. The standard InChI is InChI=1S/C10H23N3O/c1-8(9(11)14)12-6-10(2,3)7-13(4)5/h8,12H,6-7H2,1-5H3,(H2,11,14). The third kappa shape index (κ3) is 5.94. The predicted octanol–water partition coefficient (Wildman–Crippen LogP) is 0.0376. The number of nitrogens with zero attached hydrogens (tertiary/aromatic N) is 1. The zero-order valence-corrected chi connectivity index (χ0v) is 9.92. The Morgan fingerprint density at radius 2 is 2.00 bits per heavy atom. The van der Waals surface area contributed by atoms with Gasteiger partial charge in [0.15, 0.2) is 0 Å². The summed E-state index contributed by atoms with van der Waals surface area (Å²) in [6.07, 6.45) is 0. The third-order valence-corrected chi connectivity index (χ3v) is 2.06. The molecule has 1 amide bonds. The van der Waals surface area contributed by atoms with Crippen molar-refractivity contribution in [2.75, 3.05) is 27.2 Å². The molecule has 4 nitrogen and oxygen atoms in total. The molecule has 0 radical (unpaired) electrons. The summed E-state index contributed by atoms with van der Waals surface area (Å²) in [6.45, 7) is 7.87. The van der Waals surface area contributed by atoms with E-state index in [0.29, 0.717) is 0 Å². The first-order valence-corrected chi connectivity index (χ1v) is 4.92. The van der Waals surface area contributed by atoms with E-state index in [2.05, 4.69) is 24.1 Å². The molecule has 0 spiro atoms. The van der Waals surface area contributed by atoms with Crippen LogP contribution in [0.25, 0.3) is 0 Å².